The molecule has 3 nitrogen and oxygen atoms in total. The Labute approximate surface area is 104 Å². The van der Waals surface area contributed by atoms with Crippen molar-refractivity contribution in [3.63, 3.8) is 0 Å². The van der Waals surface area contributed by atoms with Gasteiger partial charge in [-0.1, -0.05) is 19.1 Å². The molecule has 0 fully saturated rings. The first-order valence-corrected chi connectivity index (χ1v) is 5.61. The number of halogens is 3. The van der Waals surface area contributed by atoms with Gasteiger partial charge in [0.1, 0.15) is 5.75 Å². The maximum Gasteiger partial charge on any atom is 0.573 e. The van der Waals surface area contributed by atoms with Crippen molar-refractivity contribution in [2.24, 2.45) is 5.73 Å². The Kier molecular flexibility index (Phi) is 5.43. The lowest BCUT2D eigenvalue weighted by Crippen LogP contribution is -2.18. The van der Waals surface area contributed by atoms with Gasteiger partial charge in [-0.3, -0.25) is 0 Å². The van der Waals surface area contributed by atoms with Gasteiger partial charge in [-0.15, -0.1) is 13.2 Å². The van der Waals surface area contributed by atoms with Gasteiger partial charge < -0.3 is 15.2 Å². The fraction of sp³-hybridized carbons (Fsp3) is 0.500. The van der Waals surface area contributed by atoms with E-state index in [1.165, 1.54) is 24.3 Å². The molecule has 0 saturated carbocycles. The number of ether oxygens (including phenoxy) is 2. The van der Waals surface area contributed by atoms with Crippen molar-refractivity contribution in [3.8, 4) is 5.75 Å². The predicted molar refractivity (Wildman–Crippen MR) is 61.2 cm³/mol. The smallest absolute Gasteiger partial charge is 0.406 e. The van der Waals surface area contributed by atoms with Crippen molar-refractivity contribution < 1.29 is 22.6 Å². The highest BCUT2D eigenvalue weighted by Crippen LogP contribution is 2.23. The minimum Gasteiger partial charge on any atom is -0.406 e. The van der Waals surface area contributed by atoms with E-state index in [-0.39, 0.29) is 11.8 Å². The quantitative estimate of drug-likeness (QED) is 0.802. The van der Waals surface area contributed by atoms with E-state index in [0.29, 0.717) is 18.8 Å². The van der Waals surface area contributed by atoms with E-state index < -0.39 is 6.36 Å². The molecular weight excluding hydrogens is 247 g/mol. The SMILES string of the molecule is CCCOCC(N)c1ccc(OC(F)(F)F)cc1. The third-order valence-electron chi connectivity index (χ3n) is 2.19. The normalized spacial score (nSPS) is 13.4. The predicted octanol–water partition coefficient (Wildman–Crippen LogP) is 3.01. The van der Waals surface area contributed by atoms with E-state index in [0.717, 1.165) is 6.42 Å². The van der Waals surface area contributed by atoms with Crippen LogP contribution in [0.3, 0.4) is 0 Å². The minimum atomic E-state index is -4.67. The van der Waals surface area contributed by atoms with Crippen LogP contribution in [-0.2, 0) is 4.74 Å². The van der Waals surface area contributed by atoms with E-state index in [1.807, 2.05) is 6.92 Å². The molecular formula is C12H16F3NO2. The highest BCUT2D eigenvalue weighted by molar-refractivity contribution is 5.29. The number of alkyl halides is 3. The van der Waals surface area contributed by atoms with Crippen LogP contribution >= 0.6 is 0 Å². The van der Waals surface area contributed by atoms with Gasteiger partial charge in [0.25, 0.3) is 0 Å². The van der Waals surface area contributed by atoms with Crippen molar-refractivity contribution in [2.45, 2.75) is 25.7 Å². The van der Waals surface area contributed by atoms with Crippen LogP contribution in [0.2, 0.25) is 0 Å². The fourth-order valence-electron chi connectivity index (χ4n) is 1.37. The van der Waals surface area contributed by atoms with Crippen LogP contribution in [0, 0.1) is 0 Å². The number of hydrogen-bond acceptors (Lipinski definition) is 3. The third-order valence-corrected chi connectivity index (χ3v) is 2.19. The Bertz CT molecular complexity index is 351. The molecule has 0 aliphatic carbocycles. The van der Waals surface area contributed by atoms with E-state index in [4.69, 9.17) is 10.5 Å². The van der Waals surface area contributed by atoms with Crippen LogP contribution in [0.15, 0.2) is 24.3 Å². The van der Waals surface area contributed by atoms with E-state index >= 15 is 0 Å². The Morgan fingerprint density at radius 3 is 2.33 bits per heavy atom. The molecule has 102 valence electrons. The van der Waals surface area contributed by atoms with Crippen molar-refractivity contribution in [1.29, 1.82) is 0 Å². The summed E-state index contributed by atoms with van der Waals surface area (Å²) in [7, 11) is 0. The van der Waals surface area contributed by atoms with Crippen LogP contribution in [-0.4, -0.2) is 19.6 Å². The summed E-state index contributed by atoms with van der Waals surface area (Å²) in [5, 5.41) is 0. The van der Waals surface area contributed by atoms with Gasteiger partial charge in [0.15, 0.2) is 0 Å². The number of hydrogen-bond donors (Lipinski definition) is 1. The zero-order valence-corrected chi connectivity index (χ0v) is 10.0. The lowest BCUT2D eigenvalue weighted by Gasteiger charge is -2.13. The van der Waals surface area contributed by atoms with Gasteiger partial charge in [0.2, 0.25) is 0 Å². The summed E-state index contributed by atoms with van der Waals surface area (Å²) in [6, 6.07) is 5.13. The van der Waals surface area contributed by atoms with E-state index in [1.54, 1.807) is 0 Å². The standard InChI is InChI=1S/C12H16F3NO2/c1-2-7-17-8-11(16)9-3-5-10(6-4-9)18-12(13,14)15/h3-6,11H,2,7-8,16H2,1H3. The number of benzene rings is 1. The fourth-order valence-corrected chi connectivity index (χ4v) is 1.37. The average molecular weight is 263 g/mol. The first kappa shape index (κ1) is 14.8. The number of rotatable bonds is 6. The summed E-state index contributed by atoms with van der Waals surface area (Å²) in [6.45, 7) is 2.94. The Balaban J connectivity index is 2.54. The molecule has 0 amide bonds. The molecule has 0 bridgehead atoms. The maximum absolute atomic E-state index is 11.9. The Morgan fingerprint density at radius 1 is 1.22 bits per heavy atom. The summed E-state index contributed by atoms with van der Waals surface area (Å²) < 4.78 is 44.9. The van der Waals surface area contributed by atoms with Gasteiger partial charge in [0, 0.05) is 6.61 Å². The molecule has 1 unspecified atom stereocenters. The zero-order chi connectivity index (χ0) is 13.6. The van der Waals surface area contributed by atoms with E-state index in [9.17, 15) is 13.2 Å². The Morgan fingerprint density at radius 2 is 1.83 bits per heavy atom. The molecule has 0 aliphatic rings. The zero-order valence-electron chi connectivity index (χ0n) is 10.0. The second-order valence-electron chi connectivity index (χ2n) is 3.80. The Hall–Kier alpha value is -1.27. The summed E-state index contributed by atoms with van der Waals surface area (Å²) in [4.78, 5) is 0. The molecule has 1 rings (SSSR count). The molecule has 0 saturated heterocycles. The topological polar surface area (TPSA) is 44.5 Å². The molecule has 1 aromatic rings. The molecule has 0 aliphatic heterocycles. The van der Waals surface area contributed by atoms with Crippen LogP contribution in [0.25, 0.3) is 0 Å². The highest BCUT2D eigenvalue weighted by Gasteiger charge is 2.30. The summed E-state index contributed by atoms with van der Waals surface area (Å²) in [5.41, 5.74) is 6.53. The second kappa shape index (κ2) is 6.61. The van der Waals surface area contributed by atoms with Crippen molar-refractivity contribution in [2.75, 3.05) is 13.2 Å². The maximum atomic E-state index is 11.9. The molecule has 1 atom stereocenters. The van der Waals surface area contributed by atoms with Crippen LogP contribution in [0.1, 0.15) is 24.9 Å². The molecule has 2 N–H and O–H groups in total. The first-order valence-electron chi connectivity index (χ1n) is 5.61. The molecule has 0 radical (unpaired) electrons. The van der Waals surface area contributed by atoms with Crippen LogP contribution in [0.5, 0.6) is 5.75 Å². The molecule has 0 aromatic heterocycles. The van der Waals surface area contributed by atoms with Gasteiger partial charge in [-0.05, 0) is 24.1 Å². The summed E-state index contributed by atoms with van der Waals surface area (Å²) in [6.07, 6.45) is -3.78. The lowest BCUT2D eigenvalue weighted by atomic mass is 10.1. The molecule has 0 spiro atoms. The van der Waals surface area contributed by atoms with Crippen LogP contribution < -0.4 is 10.5 Å². The first-order chi connectivity index (χ1) is 8.42. The molecule has 6 heteroatoms. The van der Waals surface area contributed by atoms with Crippen molar-refractivity contribution in [1.82, 2.24) is 0 Å². The van der Waals surface area contributed by atoms with Crippen molar-refractivity contribution in [3.05, 3.63) is 29.8 Å². The van der Waals surface area contributed by atoms with Gasteiger partial charge in [0.05, 0.1) is 12.6 Å². The molecule has 0 heterocycles. The molecule has 1 aromatic carbocycles. The average Bonchev–Trinajstić information content (AvgIpc) is 2.28. The van der Waals surface area contributed by atoms with Gasteiger partial charge in [-0.2, -0.15) is 0 Å². The van der Waals surface area contributed by atoms with Crippen molar-refractivity contribution >= 4 is 0 Å². The summed E-state index contributed by atoms with van der Waals surface area (Å²) in [5.74, 6) is -0.257. The number of nitrogens with two attached hydrogens (primary N) is 1. The monoisotopic (exact) mass is 263 g/mol. The van der Waals surface area contributed by atoms with Crippen LogP contribution in [0.4, 0.5) is 13.2 Å². The third kappa shape index (κ3) is 5.37. The van der Waals surface area contributed by atoms with E-state index in [2.05, 4.69) is 4.74 Å². The van der Waals surface area contributed by atoms with Gasteiger partial charge in [-0.25, -0.2) is 0 Å². The minimum absolute atomic E-state index is 0.257. The largest absolute Gasteiger partial charge is 0.573 e. The summed E-state index contributed by atoms with van der Waals surface area (Å²) >= 11 is 0. The molecule has 18 heavy (non-hydrogen) atoms. The highest BCUT2D eigenvalue weighted by atomic mass is 19.4. The second-order valence-corrected chi connectivity index (χ2v) is 3.80. The lowest BCUT2D eigenvalue weighted by molar-refractivity contribution is -0.274. The van der Waals surface area contributed by atoms with Gasteiger partial charge >= 0.3 is 6.36 Å².